The maximum absolute atomic E-state index is 13.6. The van der Waals surface area contributed by atoms with Gasteiger partial charge in [-0.2, -0.15) is 9.40 Å². The molecule has 4 heterocycles. The van der Waals surface area contributed by atoms with Gasteiger partial charge in [-0.3, -0.25) is 19.3 Å². The van der Waals surface area contributed by atoms with Crippen LogP contribution in [0, 0.1) is 0 Å². The molecule has 0 saturated carbocycles. The fourth-order valence-electron chi connectivity index (χ4n) is 4.54. The topological polar surface area (TPSA) is 166 Å². The molecule has 13 nitrogen and oxygen atoms in total. The van der Waals surface area contributed by atoms with Gasteiger partial charge in [0.25, 0.3) is 11.8 Å². The van der Waals surface area contributed by atoms with Gasteiger partial charge in [0, 0.05) is 32.4 Å². The molecule has 0 atom stereocenters. The minimum Gasteiger partial charge on any atom is -0.477 e. The number of sulfonamides is 1. The number of pyridine rings is 2. The number of piperazine rings is 1. The monoisotopic (exact) mass is 570 g/mol. The van der Waals surface area contributed by atoms with Crippen LogP contribution in [0.25, 0.3) is 0 Å². The van der Waals surface area contributed by atoms with Crippen molar-refractivity contribution in [1.82, 2.24) is 29.0 Å². The molecule has 0 spiro atoms. The minimum atomic E-state index is -3.91. The molecule has 1 saturated heterocycles. The Kier molecular flexibility index (Phi) is 9.12. The largest absolute Gasteiger partial charge is 0.477 e. The van der Waals surface area contributed by atoms with Crippen LogP contribution in [-0.4, -0.2) is 88.5 Å². The second kappa shape index (κ2) is 12.5. The van der Waals surface area contributed by atoms with Crippen LogP contribution in [0.1, 0.15) is 53.0 Å². The number of carbonyl (C=O) groups excluding carboxylic acids is 2. The summed E-state index contributed by atoms with van der Waals surface area (Å²) in [6, 6.07) is 6.69. The zero-order valence-corrected chi connectivity index (χ0v) is 23.6. The van der Waals surface area contributed by atoms with E-state index < -0.39 is 21.8 Å². The molecule has 1 fully saturated rings. The lowest BCUT2D eigenvalue weighted by Crippen LogP contribution is -2.48. The molecular formula is C26H34N8O5S. The molecule has 40 heavy (non-hydrogen) atoms. The van der Waals surface area contributed by atoms with Crippen LogP contribution in [-0.2, 0) is 23.0 Å². The molecule has 4 rings (SSSR count). The number of amides is 2. The lowest BCUT2D eigenvalue weighted by Gasteiger charge is -2.33. The number of nitrogens with two attached hydrogens (primary N) is 1. The molecule has 14 heteroatoms. The third-order valence-electron chi connectivity index (χ3n) is 6.67. The van der Waals surface area contributed by atoms with E-state index in [4.69, 9.17) is 10.5 Å². The predicted octanol–water partition coefficient (Wildman–Crippen LogP) is 1.36. The number of hydrogen-bond donors (Lipinski definition) is 2. The van der Waals surface area contributed by atoms with Crippen molar-refractivity contribution in [1.29, 1.82) is 0 Å². The molecule has 214 valence electrons. The Balaban J connectivity index is 1.68. The molecule has 0 unspecified atom stereocenters. The first-order valence-electron chi connectivity index (χ1n) is 13.2. The fourth-order valence-corrected chi connectivity index (χ4v) is 5.94. The fraction of sp³-hybridized carbons (Fsp3) is 0.423. The Morgan fingerprint density at radius 2 is 1.85 bits per heavy atom. The van der Waals surface area contributed by atoms with Crippen molar-refractivity contribution < 1.29 is 22.7 Å². The molecule has 1 aliphatic rings. The first-order valence-corrected chi connectivity index (χ1v) is 14.6. The van der Waals surface area contributed by atoms with Gasteiger partial charge in [-0.15, -0.1) is 0 Å². The third-order valence-corrected chi connectivity index (χ3v) is 8.53. The summed E-state index contributed by atoms with van der Waals surface area (Å²) in [5.74, 6) is -1.57. The molecule has 0 radical (unpaired) electrons. The van der Waals surface area contributed by atoms with Crippen molar-refractivity contribution in [3.8, 4) is 5.88 Å². The molecule has 3 aromatic rings. The molecule has 1 aliphatic heterocycles. The molecular weight excluding hydrogens is 536 g/mol. The molecule has 2 amide bonds. The lowest BCUT2D eigenvalue weighted by atomic mass is 10.2. The van der Waals surface area contributed by atoms with Crippen molar-refractivity contribution in [3.63, 3.8) is 0 Å². The van der Waals surface area contributed by atoms with E-state index in [1.165, 1.54) is 16.6 Å². The highest BCUT2D eigenvalue weighted by Gasteiger charge is 2.31. The highest BCUT2D eigenvalue weighted by molar-refractivity contribution is 7.89. The number of hydrogen-bond acceptors (Lipinski definition) is 9. The number of nitrogens with zero attached hydrogens (tertiary/aromatic N) is 6. The van der Waals surface area contributed by atoms with Crippen molar-refractivity contribution in [3.05, 3.63) is 59.3 Å². The average molecular weight is 571 g/mol. The number of primary amides is 1. The standard InChI is InChI=1S/C26H34N8O5S/c1-4-21-22(23(24(27)35)31-34(21)17-18-9-7-8-10-28-18)30-25(36)20-15-19(16-29-26(20)39-6-3)40(37,38)33-13-11-32(5-2)12-14-33/h7-10,15-16H,4-6,11-14,17H2,1-3H3,(H2,27,35)(H,30,36). The summed E-state index contributed by atoms with van der Waals surface area (Å²) in [4.78, 5) is 36.4. The van der Waals surface area contributed by atoms with Crippen molar-refractivity contribution in [2.45, 2.75) is 38.6 Å². The molecule has 0 aromatic carbocycles. The number of aromatic nitrogens is 4. The highest BCUT2D eigenvalue weighted by atomic mass is 32.2. The minimum absolute atomic E-state index is 0.0331. The van der Waals surface area contributed by atoms with Crippen LogP contribution in [0.5, 0.6) is 5.88 Å². The van der Waals surface area contributed by atoms with Gasteiger partial charge in [0.1, 0.15) is 10.5 Å². The maximum atomic E-state index is 13.6. The summed E-state index contributed by atoms with van der Waals surface area (Å²) in [6.07, 6.45) is 3.26. The summed E-state index contributed by atoms with van der Waals surface area (Å²) in [5, 5.41) is 7.07. The van der Waals surface area contributed by atoms with Crippen LogP contribution in [0.2, 0.25) is 0 Å². The van der Waals surface area contributed by atoms with Crippen molar-refractivity contribution in [2.75, 3.05) is 44.6 Å². The van der Waals surface area contributed by atoms with E-state index in [-0.39, 0.29) is 40.9 Å². The Bertz CT molecular complexity index is 1470. The van der Waals surface area contributed by atoms with Crippen LogP contribution < -0.4 is 15.8 Å². The van der Waals surface area contributed by atoms with E-state index in [1.807, 2.05) is 26.0 Å². The summed E-state index contributed by atoms with van der Waals surface area (Å²) in [6.45, 7) is 8.81. The van der Waals surface area contributed by atoms with Crippen LogP contribution in [0.4, 0.5) is 5.69 Å². The number of anilines is 1. The first kappa shape index (κ1) is 29.1. The molecule has 0 bridgehead atoms. The molecule has 0 aliphatic carbocycles. The van der Waals surface area contributed by atoms with E-state index in [2.05, 4.69) is 25.3 Å². The Hall–Kier alpha value is -3.88. The Morgan fingerprint density at radius 3 is 2.45 bits per heavy atom. The Morgan fingerprint density at radius 1 is 1.10 bits per heavy atom. The molecule has 3 N–H and O–H groups in total. The zero-order chi connectivity index (χ0) is 28.9. The van der Waals surface area contributed by atoms with Gasteiger partial charge >= 0.3 is 0 Å². The normalized spacial score (nSPS) is 14.7. The third kappa shape index (κ3) is 6.13. The van der Waals surface area contributed by atoms with E-state index in [9.17, 15) is 18.0 Å². The quantitative estimate of drug-likeness (QED) is 0.346. The Labute approximate surface area is 233 Å². The van der Waals surface area contributed by atoms with Gasteiger partial charge in [0.2, 0.25) is 15.9 Å². The van der Waals surface area contributed by atoms with Crippen molar-refractivity contribution in [2.24, 2.45) is 5.73 Å². The molecule has 3 aromatic heterocycles. The van der Waals surface area contributed by atoms with Crippen molar-refractivity contribution >= 4 is 27.5 Å². The average Bonchev–Trinajstić information content (AvgIpc) is 3.30. The second-order valence-corrected chi connectivity index (χ2v) is 11.1. The number of rotatable bonds is 11. The summed E-state index contributed by atoms with van der Waals surface area (Å²) in [7, 11) is -3.91. The SMILES string of the molecule is CCOc1ncc(S(=O)(=O)N2CCN(CC)CC2)cc1C(=O)Nc1c(C(N)=O)nn(Cc2ccccn2)c1CC. The van der Waals surface area contributed by atoms with Gasteiger partial charge in [-0.05, 0) is 38.1 Å². The summed E-state index contributed by atoms with van der Waals surface area (Å²) < 4.78 is 35.3. The second-order valence-electron chi connectivity index (χ2n) is 9.12. The van der Waals surface area contributed by atoms with Crippen LogP contribution >= 0.6 is 0 Å². The number of likely N-dealkylation sites (N-methyl/N-ethyl adjacent to an activating group) is 1. The predicted molar refractivity (Wildman–Crippen MR) is 148 cm³/mol. The zero-order valence-electron chi connectivity index (χ0n) is 22.8. The first-order chi connectivity index (χ1) is 19.2. The van der Waals surface area contributed by atoms with Gasteiger partial charge in [-0.1, -0.05) is 19.9 Å². The van der Waals surface area contributed by atoms with Gasteiger partial charge in [0.15, 0.2) is 5.69 Å². The van der Waals surface area contributed by atoms with E-state index in [1.54, 1.807) is 23.9 Å². The highest BCUT2D eigenvalue weighted by Crippen LogP contribution is 2.27. The van der Waals surface area contributed by atoms with Crippen LogP contribution in [0.3, 0.4) is 0 Å². The van der Waals surface area contributed by atoms with Gasteiger partial charge in [-0.25, -0.2) is 13.4 Å². The van der Waals surface area contributed by atoms with Gasteiger partial charge < -0.3 is 20.7 Å². The van der Waals surface area contributed by atoms with Gasteiger partial charge in [0.05, 0.1) is 36.4 Å². The number of carbonyl (C=O) groups is 2. The van der Waals surface area contributed by atoms with Crippen LogP contribution in [0.15, 0.2) is 41.6 Å². The summed E-state index contributed by atoms with van der Waals surface area (Å²) >= 11 is 0. The number of nitrogens with one attached hydrogen (secondary N) is 1. The lowest BCUT2D eigenvalue weighted by molar-refractivity contribution is 0.0995. The van der Waals surface area contributed by atoms with E-state index in [0.717, 1.165) is 6.54 Å². The van der Waals surface area contributed by atoms with E-state index >= 15 is 0 Å². The van der Waals surface area contributed by atoms with E-state index in [0.29, 0.717) is 44.0 Å². The number of ether oxygens (including phenoxy) is 1. The summed E-state index contributed by atoms with van der Waals surface area (Å²) in [5.41, 5.74) is 6.80. The smallest absolute Gasteiger partial charge is 0.271 e. The maximum Gasteiger partial charge on any atom is 0.271 e.